The zero-order chi connectivity index (χ0) is 21.9. The lowest BCUT2D eigenvalue weighted by Crippen LogP contribution is -2.28. The first kappa shape index (κ1) is 21.8. The lowest BCUT2D eigenvalue weighted by molar-refractivity contribution is -0.137. The molecule has 1 amide bonds. The maximum absolute atomic E-state index is 13.7. The standard InChI is InChI=1S/C20H17ClF4N4O/c1-2-17-27-19(13-6-7-15(21)16(22)9-13)28-29(17)11-18(30)26-10-12-4-3-5-14(8-12)20(23,24)25/h3-9H,2,10-11H2,1H3,(H,26,30). The average Bonchev–Trinajstić information content (AvgIpc) is 3.11. The van der Waals surface area contributed by atoms with E-state index in [0.29, 0.717) is 23.4 Å². The van der Waals surface area contributed by atoms with E-state index in [1.807, 2.05) is 6.92 Å². The Bertz CT molecular complexity index is 1070. The number of alkyl halides is 3. The molecule has 10 heteroatoms. The molecule has 2 aromatic carbocycles. The van der Waals surface area contributed by atoms with E-state index in [1.54, 1.807) is 6.07 Å². The summed E-state index contributed by atoms with van der Waals surface area (Å²) in [6, 6.07) is 8.90. The lowest BCUT2D eigenvalue weighted by Gasteiger charge is -2.10. The number of hydrogen-bond acceptors (Lipinski definition) is 3. The predicted octanol–water partition coefficient (Wildman–Crippen LogP) is 4.64. The molecule has 0 saturated heterocycles. The SMILES string of the molecule is CCc1nc(-c2ccc(Cl)c(F)c2)nn1CC(=O)NCc1cccc(C(F)(F)F)c1. The molecule has 5 nitrogen and oxygen atoms in total. The highest BCUT2D eigenvalue weighted by atomic mass is 35.5. The predicted molar refractivity (Wildman–Crippen MR) is 103 cm³/mol. The fourth-order valence-corrected chi connectivity index (χ4v) is 2.89. The van der Waals surface area contributed by atoms with Crippen LogP contribution in [-0.2, 0) is 30.5 Å². The molecule has 0 aliphatic carbocycles. The zero-order valence-electron chi connectivity index (χ0n) is 15.8. The number of carbonyl (C=O) groups excluding carboxylic acids is 1. The third-order valence-corrected chi connectivity index (χ3v) is 4.59. The van der Waals surface area contributed by atoms with Crippen LogP contribution in [0.15, 0.2) is 42.5 Å². The Balaban J connectivity index is 1.69. The van der Waals surface area contributed by atoms with Crippen molar-refractivity contribution in [1.29, 1.82) is 0 Å². The molecule has 0 saturated carbocycles. The molecule has 0 bridgehead atoms. The highest BCUT2D eigenvalue weighted by Crippen LogP contribution is 2.29. The number of benzene rings is 2. The second-order valence-electron chi connectivity index (χ2n) is 6.47. The first-order valence-electron chi connectivity index (χ1n) is 8.99. The van der Waals surface area contributed by atoms with Crippen LogP contribution in [0.4, 0.5) is 17.6 Å². The Labute approximate surface area is 174 Å². The van der Waals surface area contributed by atoms with Crippen LogP contribution in [0.5, 0.6) is 0 Å². The number of amides is 1. The number of rotatable bonds is 6. The van der Waals surface area contributed by atoms with E-state index in [-0.39, 0.29) is 23.9 Å². The van der Waals surface area contributed by atoms with Gasteiger partial charge >= 0.3 is 6.18 Å². The van der Waals surface area contributed by atoms with E-state index in [9.17, 15) is 22.4 Å². The molecule has 0 radical (unpaired) electrons. The molecule has 3 rings (SSSR count). The van der Waals surface area contributed by atoms with Crippen molar-refractivity contribution in [3.05, 3.63) is 70.3 Å². The van der Waals surface area contributed by atoms with Gasteiger partial charge in [0.15, 0.2) is 5.82 Å². The molecule has 1 heterocycles. The second-order valence-corrected chi connectivity index (χ2v) is 6.87. The van der Waals surface area contributed by atoms with Crippen molar-refractivity contribution >= 4 is 17.5 Å². The molecule has 0 spiro atoms. The normalized spacial score (nSPS) is 11.5. The van der Waals surface area contributed by atoms with Crippen molar-refractivity contribution in [3.8, 4) is 11.4 Å². The molecule has 0 aliphatic heterocycles. The maximum Gasteiger partial charge on any atom is 0.416 e. The summed E-state index contributed by atoms with van der Waals surface area (Å²) in [5, 5.41) is 6.80. The van der Waals surface area contributed by atoms with Gasteiger partial charge in [-0.25, -0.2) is 14.1 Å². The van der Waals surface area contributed by atoms with E-state index in [0.717, 1.165) is 12.1 Å². The van der Waals surface area contributed by atoms with E-state index in [1.165, 1.54) is 28.9 Å². The van der Waals surface area contributed by atoms with E-state index in [2.05, 4.69) is 15.4 Å². The summed E-state index contributed by atoms with van der Waals surface area (Å²) in [6.07, 6.45) is -3.97. The Morgan fingerprint density at radius 2 is 1.97 bits per heavy atom. The maximum atomic E-state index is 13.7. The third kappa shape index (κ3) is 5.15. The molecule has 1 N–H and O–H groups in total. The molecule has 30 heavy (non-hydrogen) atoms. The van der Waals surface area contributed by atoms with Crippen LogP contribution in [0.2, 0.25) is 5.02 Å². The minimum absolute atomic E-state index is 0.0251. The summed E-state index contributed by atoms with van der Waals surface area (Å²) in [5.41, 5.74) is -0.0434. The monoisotopic (exact) mass is 440 g/mol. The summed E-state index contributed by atoms with van der Waals surface area (Å²) >= 11 is 5.68. The highest BCUT2D eigenvalue weighted by Gasteiger charge is 2.30. The van der Waals surface area contributed by atoms with E-state index < -0.39 is 23.5 Å². The van der Waals surface area contributed by atoms with Gasteiger partial charge in [0.05, 0.1) is 10.6 Å². The van der Waals surface area contributed by atoms with Gasteiger partial charge in [-0.3, -0.25) is 4.79 Å². The summed E-state index contributed by atoms with van der Waals surface area (Å²) in [4.78, 5) is 16.6. The summed E-state index contributed by atoms with van der Waals surface area (Å²) in [7, 11) is 0. The van der Waals surface area contributed by atoms with Gasteiger partial charge in [-0.05, 0) is 35.9 Å². The molecule has 3 aromatic rings. The van der Waals surface area contributed by atoms with Crippen molar-refractivity contribution < 1.29 is 22.4 Å². The fraction of sp³-hybridized carbons (Fsp3) is 0.250. The van der Waals surface area contributed by atoms with Crippen LogP contribution in [0, 0.1) is 5.82 Å². The smallest absolute Gasteiger partial charge is 0.350 e. The van der Waals surface area contributed by atoms with Gasteiger partial charge in [0.2, 0.25) is 5.91 Å². The molecule has 0 aliphatic rings. The van der Waals surface area contributed by atoms with Crippen molar-refractivity contribution in [3.63, 3.8) is 0 Å². The van der Waals surface area contributed by atoms with E-state index in [4.69, 9.17) is 11.6 Å². The summed E-state index contributed by atoms with van der Waals surface area (Å²) < 4.78 is 53.4. The van der Waals surface area contributed by atoms with Crippen LogP contribution in [0.3, 0.4) is 0 Å². The number of carbonyl (C=O) groups is 1. The van der Waals surface area contributed by atoms with Crippen LogP contribution in [0.25, 0.3) is 11.4 Å². The highest BCUT2D eigenvalue weighted by molar-refractivity contribution is 6.30. The second kappa shape index (κ2) is 8.83. The minimum atomic E-state index is -4.45. The Morgan fingerprint density at radius 3 is 2.63 bits per heavy atom. The van der Waals surface area contributed by atoms with Gasteiger partial charge in [-0.2, -0.15) is 18.3 Å². The van der Waals surface area contributed by atoms with Crippen molar-refractivity contribution in [1.82, 2.24) is 20.1 Å². The Morgan fingerprint density at radius 1 is 1.20 bits per heavy atom. The number of aryl methyl sites for hydroxylation is 1. The number of nitrogens with one attached hydrogen (secondary N) is 1. The van der Waals surface area contributed by atoms with Gasteiger partial charge in [0.1, 0.15) is 18.2 Å². The van der Waals surface area contributed by atoms with Crippen molar-refractivity contribution in [2.45, 2.75) is 32.6 Å². The third-order valence-electron chi connectivity index (χ3n) is 4.28. The number of hydrogen-bond donors (Lipinski definition) is 1. The largest absolute Gasteiger partial charge is 0.416 e. The number of aromatic nitrogens is 3. The zero-order valence-corrected chi connectivity index (χ0v) is 16.6. The Hall–Kier alpha value is -2.94. The van der Waals surface area contributed by atoms with Gasteiger partial charge in [-0.15, -0.1) is 0 Å². The molecule has 1 aromatic heterocycles. The van der Waals surface area contributed by atoms with E-state index >= 15 is 0 Å². The van der Waals surface area contributed by atoms with Crippen LogP contribution >= 0.6 is 11.6 Å². The number of nitrogens with zero attached hydrogens (tertiary/aromatic N) is 3. The lowest BCUT2D eigenvalue weighted by atomic mass is 10.1. The molecule has 0 unspecified atom stereocenters. The van der Waals surface area contributed by atoms with Crippen LogP contribution in [0.1, 0.15) is 23.9 Å². The minimum Gasteiger partial charge on any atom is -0.350 e. The van der Waals surface area contributed by atoms with Gasteiger partial charge < -0.3 is 5.32 Å². The molecule has 0 atom stereocenters. The van der Waals surface area contributed by atoms with Crippen molar-refractivity contribution in [2.24, 2.45) is 0 Å². The number of halogens is 5. The quantitative estimate of drug-likeness (QED) is 0.568. The summed E-state index contributed by atoms with van der Waals surface area (Å²) in [6.45, 7) is 1.59. The Kier molecular flexibility index (Phi) is 6.40. The fourth-order valence-electron chi connectivity index (χ4n) is 2.77. The average molecular weight is 441 g/mol. The van der Waals surface area contributed by atoms with Gasteiger partial charge in [0, 0.05) is 18.5 Å². The first-order chi connectivity index (χ1) is 14.2. The van der Waals surface area contributed by atoms with Crippen LogP contribution < -0.4 is 5.32 Å². The van der Waals surface area contributed by atoms with Gasteiger partial charge in [-0.1, -0.05) is 30.7 Å². The van der Waals surface area contributed by atoms with Gasteiger partial charge in [0.25, 0.3) is 0 Å². The molecule has 158 valence electrons. The molecule has 0 fully saturated rings. The molecular weight excluding hydrogens is 424 g/mol. The first-order valence-corrected chi connectivity index (χ1v) is 9.37. The topological polar surface area (TPSA) is 59.8 Å². The summed E-state index contributed by atoms with van der Waals surface area (Å²) in [5.74, 6) is -0.300. The molecular formula is C20H17ClF4N4O. The van der Waals surface area contributed by atoms with Crippen molar-refractivity contribution in [2.75, 3.05) is 0 Å². The van der Waals surface area contributed by atoms with Crippen LogP contribution in [-0.4, -0.2) is 20.7 Å².